The Morgan fingerprint density at radius 1 is 0.312 bits per heavy atom. The number of hydrogen-bond donors (Lipinski definition) is 0. The van der Waals surface area contributed by atoms with Crippen molar-refractivity contribution >= 4 is 17.9 Å². The molecule has 0 rings (SSSR count). The van der Waals surface area contributed by atoms with Crippen LogP contribution in [0.15, 0.2) is 36.5 Å². The Kier molecular flexibility index (Phi) is 51.3. The lowest BCUT2D eigenvalue weighted by molar-refractivity contribution is -0.167. The lowest BCUT2D eigenvalue weighted by atomic mass is 10.0. The molecular formula is C58H106O6. The Bertz CT molecular complexity index is 1080. The Morgan fingerprint density at radius 2 is 0.562 bits per heavy atom. The highest BCUT2D eigenvalue weighted by Gasteiger charge is 2.19. The van der Waals surface area contributed by atoms with E-state index in [1.165, 1.54) is 186 Å². The van der Waals surface area contributed by atoms with Gasteiger partial charge in [-0.25, -0.2) is 0 Å². The fraction of sp³-hybridized carbons (Fsp3) is 0.845. The number of carbonyl (C=O) groups excluding carboxylic acids is 3. The fourth-order valence-corrected chi connectivity index (χ4v) is 8.16. The topological polar surface area (TPSA) is 78.9 Å². The summed E-state index contributed by atoms with van der Waals surface area (Å²) in [5.41, 5.74) is 0. The summed E-state index contributed by atoms with van der Waals surface area (Å²) < 4.78 is 16.8. The van der Waals surface area contributed by atoms with Gasteiger partial charge in [-0.1, -0.05) is 256 Å². The molecule has 0 aromatic heterocycles. The molecule has 0 heterocycles. The number of rotatable bonds is 51. The first kappa shape index (κ1) is 61.6. The van der Waals surface area contributed by atoms with Gasteiger partial charge in [0.15, 0.2) is 6.10 Å². The molecule has 64 heavy (non-hydrogen) atoms. The van der Waals surface area contributed by atoms with E-state index >= 15 is 0 Å². The highest BCUT2D eigenvalue weighted by molar-refractivity contribution is 5.71. The average molecular weight is 899 g/mol. The number of hydrogen-bond acceptors (Lipinski definition) is 6. The minimum atomic E-state index is -0.787. The molecule has 0 spiro atoms. The Balaban J connectivity index is 4.34. The Morgan fingerprint density at radius 3 is 0.906 bits per heavy atom. The van der Waals surface area contributed by atoms with E-state index in [9.17, 15) is 14.4 Å². The number of allylic oxidation sites excluding steroid dienone is 6. The van der Waals surface area contributed by atoms with E-state index < -0.39 is 6.10 Å². The minimum Gasteiger partial charge on any atom is -0.462 e. The Labute approximate surface area is 397 Å². The number of esters is 3. The molecule has 0 amide bonds. The lowest BCUT2D eigenvalue weighted by Gasteiger charge is -2.18. The molecule has 0 fully saturated rings. The van der Waals surface area contributed by atoms with Gasteiger partial charge in [-0.2, -0.15) is 0 Å². The van der Waals surface area contributed by atoms with Gasteiger partial charge in [0, 0.05) is 19.3 Å². The van der Waals surface area contributed by atoms with E-state index in [1.807, 2.05) is 0 Å². The van der Waals surface area contributed by atoms with Crippen LogP contribution >= 0.6 is 0 Å². The van der Waals surface area contributed by atoms with Gasteiger partial charge in [-0.15, -0.1) is 0 Å². The van der Waals surface area contributed by atoms with Gasteiger partial charge in [0.05, 0.1) is 0 Å². The van der Waals surface area contributed by atoms with Crippen molar-refractivity contribution in [2.24, 2.45) is 0 Å². The molecular weight excluding hydrogens is 793 g/mol. The monoisotopic (exact) mass is 899 g/mol. The minimum absolute atomic E-state index is 0.0829. The molecule has 0 aromatic carbocycles. The largest absolute Gasteiger partial charge is 0.462 e. The molecule has 0 saturated heterocycles. The zero-order valence-electron chi connectivity index (χ0n) is 42.8. The maximum absolute atomic E-state index is 12.8. The van der Waals surface area contributed by atoms with Crippen LogP contribution in [0.5, 0.6) is 0 Å². The molecule has 0 bridgehead atoms. The van der Waals surface area contributed by atoms with E-state index in [4.69, 9.17) is 14.2 Å². The van der Waals surface area contributed by atoms with E-state index in [0.29, 0.717) is 19.3 Å². The van der Waals surface area contributed by atoms with Crippen molar-refractivity contribution in [1.82, 2.24) is 0 Å². The summed E-state index contributed by atoms with van der Waals surface area (Å²) in [4.78, 5) is 38.0. The summed E-state index contributed by atoms with van der Waals surface area (Å²) in [6, 6.07) is 0. The standard InChI is InChI=1S/C58H106O6/c1-4-7-10-13-16-19-22-25-27-28-29-30-32-33-36-39-42-45-48-51-57(60)63-54-55(53-62-56(59)50-47-44-41-38-35-24-21-18-15-12-9-6-3)64-58(61)52-49-46-43-40-37-34-31-26-23-20-17-14-11-8-5-2/h17,20,26,31,37,40,55H,4-16,18-19,21-25,27-30,32-36,38-39,41-54H2,1-3H3/b20-17-,31-26-,40-37-/t55-/m1/s1. The first-order chi connectivity index (χ1) is 31.5. The van der Waals surface area contributed by atoms with Gasteiger partial charge in [-0.3, -0.25) is 14.4 Å². The van der Waals surface area contributed by atoms with E-state index in [2.05, 4.69) is 57.2 Å². The predicted molar refractivity (Wildman–Crippen MR) is 275 cm³/mol. The molecule has 0 aliphatic carbocycles. The van der Waals surface area contributed by atoms with E-state index in [1.54, 1.807) is 0 Å². The summed E-state index contributed by atoms with van der Waals surface area (Å²) >= 11 is 0. The molecule has 1 atom stereocenters. The van der Waals surface area contributed by atoms with Gasteiger partial charge >= 0.3 is 17.9 Å². The molecule has 0 aliphatic heterocycles. The number of carbonyl (C=O) groups is 3. The third-order valence-corrected chi connectivity index (χ3v) is 12.4. The normalized spacial score (nSPS) is 12.2. The molecule has 0 aliphatic rings. The molecule has 0 saturated carbocycles. The summed E-state index contributed by atoms with van der Waals surface area (Å²) in [5, 5.41) is 0. The van der Waals surface area contributed by atoms with E-state index in [-0.39, 0.29) is 37.5 Å². The quantitative estimate of drug-likeness (QED) is 0.0262. The van der Waals surface area contributed by atoms with Crippen LogP contribution in [0.1, 0.15) is 297 Å². The van der Waals surface area contributed by atoms with Crippen LogP contribution in [-0.4, -0.2) is 37.2 Å². The maximum atomic E-state index is 12.8. The van der Waals surface area contributed by atoms with Crippen molar-refractivity contribution in [2.45, 2.75) is 303 Å². The van der Waals surface area contributed by atoms with Gasteiger partial charge < -0.3 is 14.2 Å². The van der Waals surface area contributed by atoms with Crippen LogP contribution in [0.3, 0.4) is 0 Å². The average Bonchev–Trinajstić information content (AvgIpc) is 3.29. The Hall–Kier alpha value is -2.37. The third-order valence-electron chi connectivity index (χ3n) is 12.4. The fourth-order valence-electron chi connectivity index (χ4n) is 8.16. The van der Waals surface area contributed by atoms with Crippen LogP contribution in [0.2, 0.25) is 0 Å². The van der Waals surface area contributed by atoms with Crippen LogP contribution in [-0.2, 0) is 28.6 Å². The SMILES string of the molecule is CCCCC/C=C\C/C=C\C/C=C\CCCCC(=O)O[C@H](COC(=O)CCCCCCCCCCCCCC)COC(=O)CCCCCCCCCCCCCCCCCCCCC. The molecule has 6 heteroatoms. The van der Waals surface area contributed by atoms with Crippen LogP contribution in [0.4, 0.5) is 0 Å². The van der Waals surface area contributed by atoms with Crippen LogP contribution in [0, 0.1) is 0 Å². The highest BCUT2D eigenvalue weighted by atomic mass is 16.6. The molecule has 0 N–H and O–H groups in total. The second-order valence-electron chi connectivity index (χ2n) is 18.9. The van der Waals surface area contributed by atoms with Crippen molar-refractivity contribution in [2.75, 3.05) is 13.2 Å². The number of unbranched alkanes of at least 4 members (excludes halogenated alkanes) is 34. The van der Waals surface area contributed by atoms with Crippen molar-refractivity contribution < 1.29 is 28.6 Å². The molecule has 0 unspecified atom stereocenters. The first-order valence-corrected chi connectivity index (χ1v) is 28.0. The molecule has 374 valence electrons. The summed E-state index contributed by atoms with van der Waals surface area (Å²) in [6.45, 7) is 6.61. The smallest absolute Gasteiger partial charge is 0.306 e. The van der Waals surface area contributed by atoms with Gasteiger partial charge in [0.25, 0.3) is 0 Å². The van der Waals surface area contributed by atoms with Gasteiger partial charge in [0.1, 0.15) is 13.2 Å². The van der Waals surface area contributed by atoms with Crippen molar-refractivity contribution in [3.8, 4) is 0 Å². The van der Waals surface area contributed by atoms with Crippen molar-refractivity contribution in [3.05, 3.63) is 36.5 Å². The molecule has 0 radical (unpaired) electrons. The summed E-state index contributed by atoms with van der Waals surface area (Å²) in [7, 11) is 0. The van der Waals surface area contributed by atoms with Crippen molar-refractivity contribution in [1.29, 1.82) is 0 Å². The highest BCUT2D eigenvalue weighted by Crippen LogP contribution is 2.16. The number of ether oxygens (including phenoxy) is 3. The second kappa shape index (κ2) is 53.2. The lowest BCUT2D eigenvalue weighted by Crippen LogP contribution is -2.30. The molecule has 6 nitrogen and oxygen atoms in total. The second-order valence-corrected chi connectivity index (χ2v) is 18.9. The van der Waals surface area contributed by atoms with Gasteiger partial charge in [0.2, 0.25) is 0 Å². The van der Waals surface area contributed by atoms with Crippen LogP contribution < -0.4 is 0 Å². The van der Waals surface area contributed by atoms with Crippen LogP contribution in [0.25, 0.3) is 0 Å². The van der Waals surface area contributed by atoms with E-state index in [0.717, 1.165) is 64.2 Å². The molecule has 0 aromatic rings. The first-order valence-electron chi connectivity index (χ1n) is 28.0. The van der Waals surface area contributed by atoms with Crippen molar-refractivity contribution in [3.63, 3.8) is 0 Å². The zero-order chi connectivity index (χ0) is 46.5. The maximum Gasteiger partial charge on any atom is 0.306 e. The van der Waals surface area contributed by atoms with Gasteiger partial charge in [-0.05, 0) is 57.8 Å². The predicted octanol–water partition coefficient (Wildman–Crippen LogP) is 18.5. The zero-order valence-corrected chi connectivity index (χ0v) is 42.8. The third kappa shape index (κ3) is 50.6. The summed E-state index contributed by atoms with van der Waals surface area (Å²) in [6.07, 6.45) is 62.8. The summed E-state index contributed by atoms with van der Waals surface area (Å²) in [5.74, 6) is -0.906.